The maximum Gasteiger partial charge on any atom is 0.416 e. The number of carbonyl (C=O) groups is 1. The van der Waals surface area contributed by atoms with Crippen molar-refractivity contribution in [3.8, 4) is 5.69 Å². The summed E-state index contributed by atoms with van der Waals surface area (Å²) >= 11 is 7.95. The monoisotopic (exact) mass is 505 g/mol. The first-order valence-electron chi connectivity index (χ1n) is 10.9. The molecule has 0 fully saturated rings. The topological polar surface area (TPSA) is 46.9 Å². The summed E-state index contributed by atoms with van der Waals surface area (Å²) in [7, 11) is 0. The number of anilines is 1. The van der Waals surface area contributed by atoms with Crippen LogP contribution in [0.25, 0.3) is 5.69 Å². The van der Waals surface area contributed by atoms with Crippen molar-refractivity contribution in [3.63, 3.8) is 0 Å². The molecule has 0 bridgehead atoms. The van der Waals surface area contributed by atoms with E-state index in [0.717, 1.165) is 39.4 Å². The summed E-state index contributed by atoms with van der Waals surface area (Å²) in [6.07, 6.45) is -3.42. The number of nitrogens with zero attached hydrogens (tertiary/aromatic N) is 2. The Morgan fingerprint density at radius 3 is 2.59 bits per heavy atom. The Balaban J connectivity index is 1.77. The lowest BCUT2D eigenvalue weighted by atomic mass is 9.70. The number of hydrogen-bond donors (Lipinski definition) is 1. The van der Waals surface area contributed by atoms with E-state index in [-0.39, 0.29) is 27.8 Å². The van der Waals surface area contributed by atoms with Gasteiger partial charge in [-0.25, -0.2) is 4.68 Å². The molecule has 9 heteroatoms. The van der Waals surface area contributed by atoms with Crippen molar-refractivity contribution < 1.29 is 18.0 Å². The summed E-state index contributed by atoms with van der Waals surface area (Å²) in [5.41, 5.74) is 3.14. The molecule has 1 N–H and O–H groups in total. The second kappa shape index (κ2) is 7.71. The number of ketones is 1. The van der Waals surface area contributed by atoms with E-state index in [1.165, 1.54) is 10.7 Å². The number of benzene rings is 1. The highest BCUT2D eigenvalue weighted by atomic mass is 35.5. The standard InChI is InChI=1S/C25H23ClF3N3OS/c1-12-7-8-34-22(12)21-19-13(2)31-32(17-9-14(25(27,28)29)5-6-15(17)26)23(19)30-16-10-24(3,4)11-18(33)20(16)21/h5-9,21,30H,10-11H2,1-4H3. The molecule has 1 aliphatic carbocycles. The van der Waals surface area contributed by atoms with Crippen molar-refractivity contribution >= 4 is 34.5 Å². The first kappa shape index (κ1) is 23.2. The fourth-order valence-corrected chi connectivity index (χ4v) is 6.28. The molecular formula is C25H23ClF3N3OS. The van der Waals surface area contributed by atoms with Crippen LogP contribution in [-0.2, 0) is 11.0 Å². The molecule has 3 heterocycles. The lowest BCUT2D eigenvalue weighted by Crippen LogP contribution is -2.34. The van der Waals surface area contributed by atoms with Gasteiger partial charge in [-0.2, -0.15) is 18.3 Å². The number of rotatable bonds is 2. The lowest BCUT2D eigenvalue weighted by Gasteiger charge is -2.38. The van der Waals surface area contributed by atoms with Crippen LogP contribution < -0.4 is 5.32 Å². The lowest BCUT2D eigenvalue weighted by molar-refractivity contribution is -0.137. The number of carbonyl (C=O) groups excluding carboxylic acids is 1. The fraction of sp³-hybridized carbons (Fsp3) is 0.360. The Kier molecular flexibility index (Phi) is 5.26. The number of aryl methyl sites for hydroxylation is 2. The zero-order valence-corrected chi connectivity index (χ0v) is 20.7. The molecule has 4 nitrogen and oxygen atoms in total. The van der Waals surface area contributed by atoms with Crippen LogP contribution in [0.2, 0.25) is 5.02 Å². The quantitative estimate of drug-likeness (QED) is 0.394. The number of aromatic nitrogens is 2. The Labute approximate surface area is 204 Å². The van der Waals surface area contributed by atoms with E-state index in [9.17, 15) is 18.0 Å². The second-order valence-corrected chi connectivity index (χ2v) is 11.1. The van der Waals surface area contributed by atoms with Crippen molar-refractivity contribution in [1.82, 2.24) is 9.78 Å². The molecule has 2 aromatic heterocycles. The molecular weight excluding hydrogens is 483 g/mol. The van der Waals surface area contributed by atoms with Crippen molar-refractivity contribution in [3.05, 3.63) is 73.2 Å². The highest BCUT2D eigenvalue weighted by molar-refractivity contribution is 7.10. The summed E-state index contributed by atoms with van der Waals surface area (Å²) in [6.45, 7) is 7.92. The van der Waals surface area contributed by atoms with Crippen LogP contribution in [0.5, 0.6) is 0 Å². The van der Waals surface area contributed by atoms with Crippen LogP contribution in [0.4, 0.5) is 19.0 Å². The zero-order valence-electron chi connectivity index (χ0n) is 19.1. The van der Waals surface area contributed by atoms with Gasteiger partial charge in [0, 0.05) is 28.1 Å². The highest BCUT2D eigenvalue weighted by Gasteiger charge is 2.44. The third-order valence-electron chi connectivity index (χ3n) is 6.54. The van der Waals surface area contributed by atoms with E-state index in [4.69, 9.17) is 11.6 Å². The largest absolute Gasteiger partial charge is 0.416 e. The zero-order chi connectivity index (χ0) is 24.6. The normalized spacial score (nSPS) is 19.6. The van der Waals surface area contributed by atoms with Crippen LogP contribution in [0.3, 0.4) is 0 Å². The minimum absolute atomic E-state index is 0.0893. The van der Waals surface area contributed by atoms with Gasteiger partial charge in [-0.3, -0.25) is 4.79 Å². The maximum atomic E-state index is 13.5. The molecule has 1 aliphatic heterocycles. The predicted molar refractivity (Wildman–Crippen MR) is 128 cm³/mol. The van der Waals surface area contributed by atoms with Gasteiger partial charge in [-0.05, 0) is 60.9 Å². The van der Waals surface area contributed by atoms with Crippen molar-refractivity contribution in [1.29, 1.82) is 0 Å². The van der Waals surface area contributed by atoms with Gasteiger partial charge in [-0.15, -0.1) is 11.3 Å². The minimum Gasteiger partial charge on any atom is -0.343 e. The minimum atomic E-state index is -4.51. The number of allylic oxidation sites excluding steroid dienone is 2. The number of thiophene rings is 1. The number of hydrogen-bond acceptors (Lipinski definition) is 4. The molecule has 0 spiro atoms. The number of alkyl halides is 3. The molecule has 2 aliphatic rings. The van der Waals surface area contributed by atoms with Gasteiger partial charge in [0.15, 0.2) is 5.78 Å². The summed E-state index contributed by atoms with van der Waals surface area (Å²) in [4.78, 5) is 14.4. The molecule has 1 aromatic carbocycles. The van der Waals surface area contributed by atoms with Gasteiger partial charge in [0.25, 0.3) is 0 Å². The third kappa shape index (κ3) is 3.67. The molecule has 178 valence electrons. The van der Waals surface area contributed by atoms with E-state index in [1.807, 2.05) is 39.1 Å². The van der Waals surface area contributed by atoms with Crippen molar-refractivity contribution in [2.24, 2.45) is 5.41 Å². The molecule has 1 atom stereocenters. The van der Waals surface area contributed by atoms with Gasteiger partial charge in [0.2, 0.25) is 0 Å². The van der Waals surface area contributed by atoms with Crippen LogP contribution in [-0.4, -0.2) is 15.6 Å². The second-order valence-electron chi connectivity index (χ2n) is 9.78. The number of Topliss-reactive ketones (excluding diaryl/α,β-unsaturated/α-hetero) is 1. The van der Waals surface area contributed by atoms with Gasteiger partial charge in [0.05, 0.1) is 27.9 Å². The Hall–Kier alpha value is -2.58. The van der Waals surface area contributed by atoms with Crippen LogP contribution in [0.15, 0.2) is 40.9 Å². The van der Waals surface area contributed by atoms with Crippen molar-refractivity contribution in [2.75, 3.05) is 5.32 Å². The van der Waals surface area contributed by atoms with Gasteiger partial charge in [-0.1, -0.05) is 25.4 Å². The molecule has 1 unspecified atom stereocenters. The van der Waals surface area contributed by atoms with E-state index in [1.54, 1.807) is 11.3 Å². The summed E-state index contributed by atoms with van der Waals surface area (Å²) in [5, 5.41) is 10.2. The average molecular weight is 506 g/mol. The number of halogens is 4. The molecule has 0 saturated carbocycles. The molecule has 0 amide bonds. The van der Waals surface area contributed by atoms with Gasteiger partial charge >= 0.3 is 6.18 Å². The Morgan fingerprint density at radius 2 is 1.94 bits per heavy atom. The highest BCUT2D eigenvalue weighted by Crippen LogP contribution is 2.52. The molecule has 0 saturated heterocycles. The van der Waals surface area contributed by atoms with Gasteiger partial charge in [0.1, 0.15) is 5.82 Å². The molecule has 3 aromatic rings. The fourth-order valence-electron chi connectivity index (χ4n) is 5.04. The third-order valence-corrected chi connectivity index (χ3v) is 7.94. The van der Waals surface area contributed by atoms with E-state index < -0.39 is 11.7 Å². The summed E-state index contributed by atoms with van der Waals surface area (Å²) in [6, 6.07) is 5.23. The van der Waals surface area contributed by atoms with Crippen LogP contribution in [0.1, 0.15) is 59.9 Å². The maximum absolute atomic E-state index is 13.5. The number of nitrogens with one attached hydrogen (secondary N) is 1. The number of fused-ring (bicyclic) bond motifs is 1. The Morgan fingerprint density at radius 1 is 1.21 bits per heavy atom. The van der Waals surface area contributed by atoms with Gasteiger partial charge < -0.3 is 5.32 Å². The average Bonchev–Trinajstić information content (AvgIpc) is 3.28. The van der Waals surface area contributed by atoms with Crippen molar-refractivity contribution in [2.45, 2.75) is 52.6 Å². The Bertz CT molecular complexity index is 1370. The predicted octanol–water partition coefficient (Wildman–Crippen LogP) is 7.42. The SMILES string of the molecule is Cc1ccsc1C1C2=C(CC(C)(C)CC2=O)Nc2c1c(C)nn2-c1cc(C(F)(F)F)ccc1Cl. The molecule has 34 heavy (non-hydrogen) atoms. The van der Waals surface area contributed by atoms with Crippen LogP contribution in [0, 0.1) is 19.3 Å². The first-order chi connectivity index (χ1) is 15.9. The molecule has 0 radical (unpaired) electrons. The summed E-state index contributed by atoms with van der Waals surface area (Å²) < 4.78 is 41.9. The van der Waals surface area contributed by atoms with E-state index >= 15 is 0 Å². The smallest absolute Gasteiger partial charge is 0.343 e. The first-order valence-corrected chi connectivity index (χ1v) is 12.2. The molecule has 5 rings (SSSR count). The summed E-state index contributed by atoms with van der Waals surface area (Å²) in [5.74, 6) is 0.320. The van der Waals surface area contributed by atoms with Crippen LogP contribution >= 0.6 is 22.9 Å². The van der Waals surface area contributed by atoms with E-state index in [0.29, 0.717) is 24.4 Å². The van der Waals surface area contributed by atoms with E-state index in [2.05, 4.69) is 10.4 Å².